The summed E-state index contributed by atoms with van der Waals surface area (Å²) in [5, 5.41) is 1.07. The molecule has 0 unspecified atom stereocenters. The van der Waals surface area contributed by atoms with Gasteiger partial charge in [0.25, 0.3) is 0 Å². The summed E-state index contributed by atoms with van der Waals surface area (Å²) in [6, 6.07) is 7.66. The van der Waals surface area contributed by atoms with E-state index >= 15 is 0 Å². The van der Waals surface area contributed by atoms with Crippen LogP contribution in [0.3, 0.4) is 0 Å². The zero-order valence-electron chi connectivity index (χ0n) is 8.60. The minimum absolute atomic E-state index is 0.723. The zero-order chi connectivity index (χ0) is 10.7. The lowest BCUT2D eigenvalue weighted by atomic mass is 10.2. The second kappa shape index (κ2) is 4.05. The van der Waals surface area contributed by atoms with E-state index in [0.717, 1.165) is 22.4 Å². The van der Waals surface area contributed by atoms with Gasteiger partial charge in [0.05, 0.1) is 0 Å². The summed E-state index contributed by atoms with van der Waals surface area (Å²) in [5.41, 5.74) is 7.22. The maximum Gasteiger partial charge on any atom is 0.136 e. The minimum atomic E-state index is 0.723. The summed E-state index contributed by atoms with van der Waals surface area (Å²) < 4.78 is 5.59. The van der Waals surface area contributed by atoms with Gasteiger partial charge in [0.1, 0.15) is 11.3 Å². The number of nitrogen functional groups attached to an aromatic ring is 1. The lowest BCUT2D eigenvalue weighted by Gasteiger charge is -1.89. The highest BCUT2D eigenvalue weighted by atomic mass is 16.3. The van der Waals surface area contributed by atoms with Crippen LogP contribution in [0.25, 0.3) is 17.0 Å². The molecule has 0 aliphatic carbocycles. The third-order valence-electron chi connectivity index (χ3n) is 2.13. The van der Waals surface area contributed by atoms with Crippen molar-refractivity contribution >= 4 is 22.7 Å². The minimum Gasteiger partial charge on any atom is -0.457 e. The van der Waals surface area contributed by atoms with Gasteiger partial charge in [0.15, 0.2) is 0 Å². The van der Waals surface area contributed by atoms with E-state index in [4.69, 9.17) is 10.2 Å². The van der Waals surface area contributed by atoms with Crippen LogP contribution in [0.15, 0.2) is 46.9 Å². The molecule has 0 amide bonds. The van der Waals surface area contributed by atoms with E-state index in [2.05, 4.69) is 0 Å². The standard InChI is InChI=1S/C13H13NO/c1-2-3-4-5-12-8-10-6-7-11(14)9-13(10)15-12/h2-9H,14H2,1H3/b3-2-,5-4-. The highest BCUT2D eigenvalue weighted by Gasteiger charge is 2.00. The van der Waals surface area contributed by atoms with Gasteiger partial charge in [-0.1, -0.05) is 18.2 Å². The Morgan fingerprint density at radius 3 is 2.87 bits per heavy atom. The smallest absolute Gasteiger partial charge is 0.136 e. The monoisotopic (exact) mass is 199 g/mol. The Morgan fingerprint density at radius 1 is 1.20 bits per heavy atom. The first-order chi connectivity index (χ1) is 7.29. The normalized spacial score (nSPS) is 12.1. The van der Waals surface area contributed by atoms with Crippen molar-refractivity contribution in [1.29, 1.82) is 0 Å². The summed E-state index contributed by atoms with van der Waals surface area (Å²) in [5.74, 6) is 0.841. The summed E-state index contributed by atoms with van der Waals surface area (Å²) >= 11 is 0. The van der Waals surface area contributed by atoms with Crippen LogP contribution in [-0.4, -0.2) is 0 Å². The van der Waals surface area contributed by atoms with Crippen LogP contribution in [-0.2, 0) is 0 Å². The Balaban J connectivity index is 2.38. The van der Waals surface area contributed by atoms with Gasteiger partial charge in [-0.25, -0.2) is 0 Å². The molecule has 1 aromatic carbocycles. The highest BCUT2D eigenvalue weighted by Crippen LogP contribution is 2.22. The molecular weight excluding hydrogens is 186 g/mol. The Labute approximate surface area is 88.7 Å². The van der Waals surface area contributed by atoms with Crippen molar-refractivity contribution in [2.24, 2.45) is 0 Å². The van der Waals surface area contributed by atoms with Crippen LogP contribution in [0.4, 0.5) is 5.69 Å². The van der Waals surface area contributed by atoms with Gasteiger partial charge in [-0.3, -0.25) is 0 Å². The van der Waals surface area contributed by atoms with Crippen molar-refractivity contribution in [3.63, 3.8) is 0 Å². The summed E-state index contributed by atoms with van der Waals surface area (Å²) in [6.07, 6.45) is 7.80. The summed E-state index contributed by atoms with van der Waals surface area (Å²) in [4.78, 5) is 0. The van der Waals surface area contributed by atoms with E-state index < -0.39 is 0 Å². The fourth-order valence-electron chi connectivity index (χ4n) is 1.41. The Bertz CT molecular complexity index is 520. The van der Waals surface area contributed by atoms with Crippen LogP contribution in [0, 0.1) is 0 Å². The van der Waals surface area contributed by atoms with Gasteiger partial charge in [-0.2, -0.15) is 0 Å². The Morgan fingerprint density at radius 2 is 2.07 bits per heavy atom. The van der Waals surface area contributed by atoms with Crippen molar-refractivity contribution in [2.75, 3.05) is 5.73 Å². The number of benzene rings is 1. The van der Waals surface area contributed by atoms with Gasteiger partial charge >= 0.3 is 0 Å². The predicted octanol–water partition coefficient (Wildman–Crippen LogP) is 3.60. The number of hydrogen-bond acceptors (Lipinski definition) is 2. The molecule has 2 heteroatoms. The second-order valence-corrected chi connectivity index (χ2v) is 3.33. The lowest BCUT2D eigenvalue weighted by Crippen LogP contribution is -1.80. The average Bonchev–Trinajstić information content (AvgIpc) is 2.60. The van der Waals surface area contributed by atoms with Gasteiger partial charge in [0.2, 0.25) is 0 Å². The summed E-state index contributed by atoms with van der Waals surface area (Å²) in [6.45, 7) is 1.98. The molecule has 76 valence electrons. The van der Waals surface area contributed by atoms with E-state index in [9.17, 15) is 0 Å². The molecule has 0 aliphatic rings. The molecule has 0 fully saturated rings. The quantitative estimate of drug-likeness (QED) is 0.592. The third kappa shape index (κ3) is 2.10. The van der Waals surface area contributed by atoms with E-state index in [0.29, 0.717) is 0 Å². The van der Waals surface area contributed by atoms with Crippen LogP contribution < -0.4 is 5.73 Å². The van der Waals surface area contributed by atoms with Gasteiger partial charge in [-0.05, 0) is 31.2 Å². The van der Waals surface area contributed by atoms with Crippen LogP contribution in [0.5, 0.6) is 0 Å². The number of allylic oxidation sites excluding steroid dienone is 3. The lowest BCUT2D eigenvalue weighted by molar-refractivity contribution is 0.604. The van der Waals surface area contributed by atoms with Gasteiger partial charge < -0.3 is 10.2 Å². The molecule has 2 nitrogen and oxygen atoms in total. The molecule has 0 atom stereocenters. The molecule has 0 spiro atoms. The van der Waals surface area contributed by atoms with E-state index in [1.807, 2.05) is 55.5 Å². The van der Waals surface area contributed by atoms with Gasteiger partial charge in [-0.15, -0.1) is 0 Å². The van der Waals surface area contributed by atoms with Crippen molar-refractivity contribution in [1.82, 2.24) is 0 Å². The number of nitrogens with two attached hydrogens (primary N) is 1. The first-order valence-electron chi connectivity index (χ1n) is 4.88. The SMILES string of the molecule is C/C=C\C=C/c1cc2ccc(N)cc2o1. The van der Waals surface area contributed by atoms with Crippen molar-refractivity contribution in [2.45, 2.75) is 6.92 Å². The maximum absolute atomic E-state index is 5.67. The number of rotatable bonds is 2. The van der Waals surface area contributed by atoms with Crippen molar-refractivity contribution in [3.05, 3.63) is 48.3 Å². The van der Waals surface area contributed by atoms with E-state index in [-0.39, 0.29) is 0 Å². The van der Waals surface area contributed by atoms with Crippen LogP contribution >= 0.6 is 0 Å². The molecule has 0 radical (unpaired) electrons. The molecule has 0 saturated heterocycles. The average molecular weight is 199 g/mol. The molecule has 0 aliphatic heterocycles. The maximum atomic E-state index is 5.67. The largest absolute Gasteiger partial charge is 0.457 e. The Hall–Kier alpha value is -1.96. The van der Waals surface area contributed by atoms with Crippen molar-refractivity contribution < 1.29 is 4.42 Å². The fraction of sp³-hybridized carbons (Fsp3) is 0.0769. The molecule has 1 aromatic heterocycles. The number of hydrogen-bond donors (Lipinski definition) is 1. The molecule has 2 rings (SSSR count). The van der Waals surface area contributed by atoms with E-state index in [1.54, 1.807) is 0 Å². The topological polar surface area (TPSA) is 39.2 Å². The Kier molecular flexibility index (Phi) is 2.59. The number of furan rings is 1. The molecule has 2 N–H and O–H groups in total. The van der Waals surface area contributed by atoms with Gasteiger partial charge in [0, 0.05) is 17.1 Å². The molecular formula is C13H13NO. The molecule has 1 heterocycles. The van der Waals surface area contributed by atoms with Crippen molar-refractivity contribution in [3.8, 4) is 0 Å². The molecule has 0 bridgehead atoms. The molecule has 15 heavy (non-hydrogen) atoms. The molecule has 2 aromatic rings. The van der Waals surface area contributed by atoms with Crippen LogP contribution in [0.1, 0.15) is 12.7 Å². The predicted molar refractivity (Wildman–Crippen MR) is 64.5 cm³/mol. The highest BCUT2D eigenvalue weighted by molar-refractivity contribution is 5.82. The first kappa shape index (κ1) is 9.59. The molecule has 0 saturated carbocycles. The fourth-order valence-corrected chi connectivity index (χ4v) is 1.41. The van der Waals surface area contributed by atoms with Crippen LogP contribution in [0.2, 0.25) is 0 Å². The number of anilines is 1. The third-order valence-corrected chi connectivity index (χ3v) is 2.13. The first-order valence-corrected chi connectivity index (χ1v) is 4.88. The van der Waals surface area contributed by atoms with E-state index in [1.165, 1.54) is 0 Å². The summed E-state index contributed by atoms with van der Waals surface area (Å²) in [7, 11) is 0. The second-order valence-electron chi connectivity index (χ2n) is 3.33. The zero-order valence-corrected chi connectivity index (χ0v) is 8.60. The number of fused-ring (bicyclic) bond motifs is 1.